The van der Waals surface area contributed by atoms with Gasteiger partial charge < -0.3 is 10.2 Å². The van der Waals surface area contributed by atoms with Gasteiger partial charge >= 0.3 is 10.1 Å². The van der Waals surface area contributed by atoms with E-state index in [0.717, 1.165) is 0 Å². The molecular formula is C4H6Cl2FNO4. The zero-order valence-corrected chi connectivity index (χ0v) is 7.22. The van der Waals surface area contributed by atoms with Gasteiger partial charge in [-0.2, -0.15) is 4.39 Å². The Bertz CT molecular complexity index is 178. The largest absolute Gasteiger partial charge is 0.389 e. The number of hydrogen-bond donors (Lipinski definition) is 2. The first-order valence-electron chi connectivity index (χ1n) is 2.75. The summed E-state index contributed by atoms with van der Waals surface area (Å²) in [4.78, 5) is 8.95. The van der Waals surface area contributed by atoms with Gasteiger partial charge in [-0.25, -0.2) is 0 Å². The van der Waals surface area contributed by atoms with Crippen LogP contribution < -0.4 is 0 Å². The molecule has 0 fully saturated rings. The molecule has 0 aromatic heterocycles. The Hall–Kier alpha value is -0.170. The van der Waals surface area contributed by atoms with E-state index in [1.165, 1.54) is 0 Å². The van der Waals surface area contributed by atoms with Crippen molar-refractivity contribution in [2.75, 3.05) is 13.2 Å². The molecule has 5 nitrogen and oxygen atoms in total. The third-order valence-electron chi connectivity index (χ3n) is 1.40. The summed E-state index contributed by atoms with van der Waals surface area (Å²) in [6, 6.07) is 0. The fourth-order valence-corrected chi connectivity index (χ4v) is 0.825. The van der Waals surface area contributed by atoms with Crippen LogP contribution in [-0.2, 0) is 0 Å². The number of aliphatic hydroxyl groups excluding tert-OH is 2. The molecule has 0 bridgehead atoms. The molecule has 0 saturated carbocycles. The Morgan fingerprint density at radius 1 is 1.42 bits per heavy atom. The number of halogens is 3. The van der Waals surface area contributed by atoms with Crippen LogP contribution in [0.25, 0.3) is 0 Å². The van der Waals surface area contributed by atoms with Gasteiger partial charge in [0.1, 0.15) is 13.2 Å². The van der Waals surface area contributed by atoms with E-state index in [4.69, 9.17) is 33.4 Å². The molecule has 0 aliphatic heterocycles. The van der Waals surface area contributed by atoms with Gasteiger partial charge in [-0.1, -0.05) is 23.2 Å². The molecule has 0 radical (unpaired) electrons. The first-order chi connectivity index (χ1) is 5.31. The molecule has 0 aromatic rings. The van der Waals surface area contributed by atoms with Crippen molar-refractivity contribution in [3.8, 4) is 0 Å². The van der Waals surface area contributed by atoms with Crippen molar-refractivity contribution in [1.82, 2.24) is 0 Å². The topological polar surface area (TPSA) is 83.6 Å². The van der Waals surface area contributed by atoms with E-state index in [2.05, 4.69) is 0 Å². The Labute approximate surface area is 76.8 Å². The molecule has 0 saturated heterocycles. The molecule has 2 N–H and O–H groups in total. The summed E-state index contributed by atoms with van der Waals surface area (Å²) in [5, 5.41) is 27.2. The van der Waals surface area contributed by atoms with Crippen LogP contribution in [0.2, 0.25) is 0 Å². The van der Waals surface area contributed by atoms with Crippen molar-refractivity contribution in [3.05, 3.63) is 10.1 Å². The molecule has 8 heteroatoms. The van der Waals surface area contributed by atoms with E-state index in [-0.39, 0.29) is 0 Å². The molecule has 0 atom stereocenters. The average Bonchev–Trinajstić information content (AvgIpc) is 1.87. The lowest BCUT2D eigenvalue weighted by molar-refractivity contribution is -0.585. The second-order valence-electron chi connectivity index (χ2n) is 2.10. The third kappa shape index (κ3) is 1.77. The van der Waals surface area contributed by atoms with Crippen LogP contribution >= 0.6 is 23.2 Å². The number of nitro groups is 1. The van der Waals surface area contributed by atoms with Gasteiger partial charge in [0, 0.05) is 4.92 Å². The van der Waals surface area contributed by atoms with Gasteiger partial charge in [0.2, 0.25) is 0 Å². The van der Waals surface area contributed by atoms with Gasteiger partial charge in [-0.3, -0.25) is 10.1 Å². The summed E-state index contributed by atoms with van der Waals surface area (Å²) in [5.74, 6) is 0. The SMILES string of the molecule is O=[N+]([O-])C(CO)(CO)C(F)(Cl)Cl. The Kier molecular flexibility index (Phi) is 3.64. The van der Waals surface area contributed by atoms with Gasteiger partial charge in [0.15, 0.2) is 0 Å². The maximum absolute atomic E-state index is 12.7. The highest BCUT2D eigenvalue weighted by atomic mass is 35.5. The number of aliphatic hydroxyl groups is 2. The predicted molar refractivity (Wildman–Crippen MR) is 39.4 cm³/mol. The summed E-state index contributed by atoms with van der Waals surface area (Å²) in [6.07, 6.45) is 0. The molecule has 0 unspecified atom stereocenters. The third-order valence-corrected chi connectivity index (χ3v) is 2.10. The van der Waals surface area contributed by atoms with E-state index in [1.807, 2.05) is 0 Å². The van der Waals surface area contributed by atoms with Gasteiger partial charge in [0.05, 0.1) is 0 Å². The summed E-state index contributed by atoms with van der Waals surface area (Å²) < 4.78 is 9.41. The fourth-order valence-electron chi connectivity index (χ4n) is 0.448. The second-order valence-corrected chi connectivity index (χ2v) is 3.34. The van der Waals surface area contributed by atoms with E-state index >= 15 is 0 Å². The van der Waals surface area contributed by atoms with Crippen molar-refractivity contribution in [3.63, 3.8) is 0 Å². The Morgan fingerprint density at radius 2 is 1.75 bits per heavy atom. The van der Waals surface area contributed by atoms with Crippen LogP contribution in [-0.4, -0.2) is 38.5 Å². The highest BCUT2D eigenvalue weighted by Gasteiger charge is 2.61. The standard InChI is InChI=1S/C4H6Cl2FNO4/c5-4(6,7)3(1-9,2-10)8(11)12/h9-10H,1-2H2. The highest BCUT2D eigenvalue weighted by molar-refractivity contribution is 6.48. The molecule has 0 amide bonds. The lowest BCUT2D eigenvalue weighted by Gasteiger charge is -2.25. The minimum Gasteiger partial charge on any atom is -0.389 e. The Morgan fingerprint density at radius 3 is 1.75 bits per heavy atom. The molecular weight excluding hydrogens is 216 g/mol. The van der Waals surface area contributed by atoms with Crippen LogP contribution in [0.3, 0.4) is 0 Å². The molecule has 0 aromatic carbocycles. The molecule has 12 heavy (non-hydrogen) atoms. The van der Waals surface area contributed by atoms with Gasteiger partial charge in [0.25, 0.3) is 0 Å². The van der Waals surface area contributed by atoms with E-state index in [0.29, 0.717) is 0 Å². The molecule has 0 heterocycles. The second kappa shape index (κ2) is 3.69. The van der Waals surface area contributed by atoms with Crippen LogP contribution in [0.4, 0.5) is 4.39 Å². The highest BCUT2D eigenvalue weighted by Crippen LogP contribution is 2.37. The first kappa shape index (κ1) is 11.8. The summed E-state index contributed by atoms with van der Waals surface area (Å²) in [6.45, 7) is -2.58. The van der Waals surface area contributed by atoms with Crippen molar-refractivity contribution < 1.29 is 19.5 Å². The monoisotopic (exact) mass is 221 g/mol. The fraction of sp³-hybridized carbons (Fsp3) is 1.00. The number of rotatable bonds is 4. The number of nitrogens with zero attached hydrogens (tertiary/aromatic N) is 1. The van der Waals surface area contributed by atoms with Crippen LogP contribution in [0, 0.1) is 10.1 Å². The minimum absolute atomic E-state index is 1.26. The van der Waals surface area contributed by atoms with Crippen LogP contribution in [0.15, 0.2) is 0 Å². The molecule has 0 spiro atoms. The van der Waals surface area contributed by atoms with Crippen molar-refractivity contribution in [2.24, 2.45) is 0 Å². The van der Waals surface area contributed by atoms with Crippen molar-refractivity contribution in [2.45, 2.75) is 10.1 Å². The molecule has 0 aliphatic carbocycles. The lowest BCUT2D eigenvalue weighted by atomic mass is 10.1. The van der Waals surface area contributed by atoms with Gasteiger partial charge in [-0.15, -0.1) is 0 Å². The maximum atomic E-state index is 12.7. The summed E-state index contributed by atoms with van der Waals surface area (Å²) in [7, 11) is 0. The Balaban J connectivity index is 4.97. The summed E-state index contributed by atoms with van der Waals surface area (Å²) >= 11 is 9.58. The average molecular weight is 222 g/mol. The minimum atomic E-state index is -3.32. The zero-order valence-electron chi connectivity index (χ0n) is 5.71. The molecule has 72 valence electrons. The maximum Gasteiger partial charge on any atom is 0.332 e. The van der Waals surface area contributed by atoms with E-state index < -0.39 is 28.3 Å². The quantitative estimate of drug-likeness (QED) is 0.401. The van der Waals surface area contributed by atoms with E-state index in [9.17, 15) is 14.5 Å². The smallest absolute Gasteiger partial charge is 0.332 e. The zero-order chi connectivity index (χ0) is 9.99. The number of hydrogen-bond acceptors (Lipinski definition) is 4. The van der Waals surface area contributed by atoms with Gasteiger partial charge in [-0.05, 0) is 0 Å². The van der Waals surface area contributed by atoms with Crippen molar-refractivity contribution in [1.29, 1.82) is 0 Å². The van der Waals surface area contributed by atoms with E-state index in [1.54, 1.807) is 0 Å². The summed E-state index contributed by atoms with van der Waals surface area (Å²) in [5.41, 5.74) is -2.78. The normalized spacial score (nSPS) is 13.1. The van der Waals surface area contributed by atoms with Crippen molar-refractivity contribution >= 4 is 23.2 Å². The lowest BCUT2D eigenvalue weighted by Crippen LogP contribution is -2.56. The predicted octanol–water partition coefficient (Wildman–Crippen LogP) is 0.0874. The molecule has 0 aliphatic rings. The van der Waals surface area contributed by atoms with Crippen LogP contribution in [0.5, 0.6) is 0 Å². The first-order valence-corrected chi connectivity index (χ1v) is 3.50. The van der Waals surface area contributed by atoms with Crippen LogP contribution in [0.1, 0.15) is 0 Å². The molecule has 0 rings (SSSR count). The number of alkyl halides is 3.